The summed E-state index contributed by atoms with van der Waals surface area (Å²) in [6.45, 7) is 0. The van der Waals surface area contributed by atoms with Crippen molar-refractivity contribution in [1.29, 1.82) is 0 Å². The van der Waals surface area contributed by atoms with Gasteiger partial charge in [-0.15, -0.1) is 0 Å². The van der Waals surface area contributed by atoms with E-state index in [0.29, 0.717) is 0 Å². The molecule has 0 N–H and O–H groups in total. The van der Waals surface area contributed by atoms with Crippen molar-refractivity contribution in [3.63, 3.8) is 0 Å². The maximum Gasteiger partial charge on any atom is 0.138 e. The van der Waals surface area contributed by atoms with Crippen LogP contribution in [0, 0.1) is 0 Å². The van der Waals surface area contributed by atoms with Crippen LogP contribution >= 0.6 is 0 Å². The van der Waals surface area contributed by atoms with Crippen molar-refractivity contribution in [2.75, 3.05) is 0 Å². The number of nitrogens with zero attached hydrogens (tertiary/aromatic N) is 3. The first-order valence-electron chi connectivity index (χ1n) is 17.9. The molecule has 8 aromatic carbocycles. The SMILES string of the molecule is c1ccc(-n2c3ccc(-c4ccc5c(c4)c4ccccc4n5-c4cc5cccc6c5c(n4)-c4ccccc4-6)cc3c3cc4ccccc4cc32)cc1. The van der Waals surface area contributed by atoms with Gasteiger partial charge in [-0.3, -0.25) is 4.57 Å². The smallest absolute Gasteiger partial charge is 0.138 e. The molecule has 0 amide bonds. The van der Waals surface area contributed by atoms with Gasteiger partial charge >= 0.3 is 0 Å². The van der Waals surface area contributed by atoms with Crippen molar-refractivity contribution in [3.8, 4) is 45.0 Å². The zero-order chi connectivity index (χ0) is 33.9. The molecule has 1 aliphatic carbocycles. The third-order valence-corrected chi connectivity index (χ3v) is 11.2. The van der Waals surface area contributed by atoms with E-state index >= 15 is 0 Å². The Hall–Kier alpha value is -6.97. The Labute approximate surface area is 299 Å². The molecule has 0 radical (unpaired) electrons. The van der Waals surface area contributed by atoms with Crippen LogP contribution in [0.4, 0.5) is 0 Å². The quantitative estimate of drug-likeness (QED) is 0.185. The van der Waals surface area contributed by atoms with E-state index in [1.165, 1.54) is 87.6 Å². The molecule has 240 valence electrons. The molecule has 3 nitrogen and oxygen atoms in total. The summed E-state index contributed by atoms with van der Waals surface area (Å²) in [6, 6.07) is 64.2. The van der Waals surface area contributed by atoms with Gasteiger partial charge in [-0.2, -0.15) is 0 Å². The van der Waals surface area contributed by atoms with Gasteiger partial charge in [-0.25, -0.2) is 4.98 Å². The predicted octanol–water partition coefficient (Wildman–Crippen LogP) is 12.9. The average Bonchev–Trinajstić information content (AvgIpc) is 3.83. The number of aromatic nitrogens is 3. The highest BCUT2D eigenvalue weighted by atomic mass is 15.1. The average molecular weight is 660 g/mol. The second-order valence-electron chi connectivity index (χ2n) is 14.0. The molecule has 3 heteroatoms. The van der Waals surface area contributed by atoms with Crippen LogP contribution in [0.15, 0.2) is 176 Å². The molecule has 0 saturated heterocycles. The highest BCUT2D eigenvalue weighted by Gasteiger charge is 2.24. The van der Waals surface area contributed by atoms with Gasteiger partial charge < -0.3 is 4.57 Å². The molecular formula is C49H29N3. The van der Waals surface area contributed by atoms with E-state index in [0.717, 1.165) is 22.5 Å². The largest absolute Gasteiger partial charge is 0.309 e. The molecule has 3 heterocycles. The fraction of sp³-hybridized carbons (Fsp3) is 0. The van der Waals surface area contributed by atoms with Crippen LogP contribution in [-0.4, -0.2) is 14.1 Å². The maximum atomic E-state index is 5.41. The van der Waals surface area contributed by atoms with Gasteiger partial charge in [-0.05, 0) is 99.1 Å². The van der Waals surface area contributed by atoms with Gasteiger partial charge in [0.05, 0.1) is 27.8 Å². The first-order valence-corrected chi connectivity index (χ1v) is 17.9. The number of benzene rings is 8. The lowest BCUT2D eigenvalue weighted by Crippen LogP contribution is -1.98. The maximum absolute atomic E-state index is 5.41. The van der Waals surface area contributed by atoms with Crippen molar-refractivity contribution < 1.29 is 0 Å². The van der Waals surface area contributed by atoms with Gasteiger partial charge in [0, 0.05) is 38.2 Å². The van der Waals surface area contributed by atoms with Crippen molar-refractivity contribution in [2.24, 2.45) is 0 Å². The summed E-state index contributed by atoms with van der Waals surface area (Å²) in [6.07, 6.45) is 0. The molecule has 0 unspecified atom stereocenters. The van der Waals surface area contributed by atoms with Crippen LogP contribution in [0.5, 0.6) is 0 Å². The fourth-order valence-corrected chi connectivity index (χ4v) is 8.89. The Kier molecular flexibility index (Phi) is 5.50. The summed E-state index contributed by atoms with van der Waals surface area (Å²) in [5, 5.41) is 9.91. The minimum Gasteiger partial charge on any atom is -0.309 e. The first kappa shape index (κ1) is 27.8. The molecular weight excluding hydrogens is 631 g/mol. The van der Waals surface area contributed by atoms with Crippen LogP contribution in [0.25, 0.3) is 110 Å². The van der Waals surface area contributed by atoms with E-state index in [1.807, 2.05) is 0 Å². The topological polar surface area (TPSA) is 22.8 Å². The Bertz CT molecular complexity index is 3290. The van der Waals surface area contributed by atoms with Crippen LogP contribution in [0.3, 0.4) is 0 Å². The molecule has 52 heavy (non-hydrogen) atoms. The van der Waals surface area contributed by atoms with Crippen LogP contribution < -0.4 is 0 Å². The lowest BCUT2D eigenvalue weighted by atomic mass is 10.00. The summed E-state index contributed by atoms with van der Waals surface area (Å²) in [7, 11) is 0. The molecule has 3 aromatic heterocycles. The van der Waals surface area contributed by atoms with E-state index in [1.54, 1.807) is 0 Å². The summed E-state index contributed by atoms with van der Waals surface area (Å²) < 4.78 is 4.75. The third-order valence-electron chi connectivity index (χ3n) is 11.2. The van der Waals surface area contributed by atoms with Crippen molar-refractivity contribution in [1.82, 2.24) is 14.1 Å². The highest BCUT2D eigenvalue weighted by Crippen LogP contribution is 2.47. The predicted molar refractivity (Wildman–Crippen MR) is 218 cm³/mol. The van der Waals surface area contributed by atoms with E-state index in [2.05, 4.69) is 185 Å². The van der Waals surface area contributed by atoms with Crippen molar-refractivity contribution >= 4 is 65.2 Å². The van der Waals surface area contributed by atoms with Gasteiger partial charge in [0.25, 0.3) is 0 Å². The fourth-order valence-electron chi connectivity index (χ4n) is 8.89. The number of hydrogen-bond acceptors (Lipinski definition) is 1. The van der Waals surface area contributed by atoms with E-state index in [4.69, 9.17) is 4.98 Å². The lowest BCUT2D eigenvalue weighted by Gasteiger charge is -2.11. The van der Waals surface area contributed by atoms with Gasteiger partial charge in [0.1, 0.15) is 5.82 Å². The van der Waals surface area contributed by atoms with Crippen LogP contribution in [-0.2, 0) is 0 Å². The third kappa shape index (κ3) is 3.77. The minimum atomic E-state index is 0.942. The number of para-hydroxylation sites is 2. The second-order valence-corrected chi connectivity index (χ2v) is 14.0. The molecule has 12 rings (SSSR count). The Morgan fingerprint density at radius 2 is 0.942 bits per heavy atom. The normalized spacial score (nSPS) is 12.2. The molecule has 1 aliphatic rings. The first-order chi connectivity index (χ1) is 25.8. The highest BCUT2D eigenvalue weighted by molar-refractivity contribution is 6.17. The molecule has 11 aromatic rings. The zero-order valence-corrected chi connectivity index (χ0v) is 28.1. The van der Waals surface area contributed by atoms with E-state index in [-0.39, 0.29) is 0 Å². The molecule has 0 bridgehead atoms. The second kappa shape index (κ2) is 10.3. The summed E-state index contributed by atoms with van der Waals surface area (Å²) in [5.74, 6) is 0.942. The number of pyridine rings is 1. The van der Waals surface area contributed by atoms with Crippen molar-refractivity contribution in [2.45, 2.75) is 0 Å². The van der Waals surface area contributed by atoms with Crippen molar-refractivity contribution in [3.05, 3.63) is 176 Å². The van der Waals surface area contributed by atoms with Gasteiger partial charge in [0.15, 0.2) is 0 Å². The Morgan fingerprint density at radius 3 is 1.77 bits per heavy atom. The summed E-state index contributed by atoms with van der Waals surface area (Å²) in [5.41, 5.74) is 13.1. The Balaban J connectivity index is 1.08. The molecule has 0 saturated carbocycles. The molecule has 0 spiro atoms. The number of hydrogen-bond donors (Lipinski definition) is 0. The standard InChI is InChI=1S/C49H29N3/c1-2-14-35(15-3-1)51-44-23-21-33(27-41(44)42-25-30-11-4-5-12-31(30)28-46(42)51)32-22-24-45-40(26-32)37-17-8-9-20-43(37)52(45)47-29-34-13-10-19-38-36-16-6-7-18-39(36)49(50-47)48(34)38/h1-29H. The Morgan fingerprint density at radius 1 is 0.346 bits per heavy atom. The molecule has 0 aliphatic heterocycles. The number of rotatable bonds is 3. The van der Waals surface area contributed by atoms with Gasteiger partial charge in [-0.1, -0.05) is 115 Å². The monoisotopic (exact) mass is 659 g/mol. The lowest BCUT2D eigenvalue weighted by molar-refractivity contribution is 1.09. The van der Waals surface area contributed by atoms with Crippen LogP contribution in [0.1, 0.15) is 0 Å². The zero-order valence-electron chi connectivity index (χ0n) is 28.1. The minimum absolute atomic E-state index is 0.942. The van der Waals surface area contributed by atoms with Gasteiger partial charge in [0.2, 0.25) is 0 Å². The molecule has 0 atom stereocenters. The summed E-state index contributed by atoms with van der Waals surface area (Å²) in [4.78, 5) is 5.41. The number of fused-ring (bicyclic) bond motifs is 10. The van der Waals surface area contributed by atoms with E-state index in [9.17, 15) is 0 Å². The molecule has 0 fully saturated rings. The summed E-state index contributed by atoms with van der Waals surface area (Å²) >= 11 is 0. The van der Waals surface area contributed by atoms with E-state index < -0.39 is 0 Å². The van der Waals surface area contributed by atoms with Crippen LogP contribution in [0.2, 0.25) is 0 Å².